The Hall–Kier alpha value is -0.120. The topological polar surface area (TPSA) is 24.5 Å². The average Bonchev–Trinajstić information content (AvgIpc) is 2.26. The van der Waals surface area contributed by atoms with Crippen molar-refractivity contribution in [2.45, 2.75) is 26.2 Å². The predicted octanol–water partition coefficient (Wildman–Crippen LogP) is 1.51. The van der Waals surface area contributed by atoms with Crippen LogP contribution in [0.4, 0.5) is 0 Å². The number of hydrogen-bond acceptors (Lipinski definition) is 3. The third-order valence-electron chi connectivity index (χ3n) is 3.35. The van der Waals surface area contributed by atoms with Gasteiger partial charge in [0.25, 0.3) is 0 Å². The zero-order valence-corrected chi connectivity index (χ0v) is 9.75. The first-order chi connectivity index (χ1) is 6.74. The summed E-state index contributed by atoms with van der Waals surface area (Å²) in [6.45, 7) is 5.81. The van der Waals surface area contributed by atoms with E-state index in [4.69, 9.17) is 4.84 Å². The second kappa shape index (κ2) is 6.38. The van der Waals surface area contributed by atoms with Crippen LogP contribution < -0.4 is 5.32 Å². The number of nitrogens with one attached hydrogen (secondary N) is 1. The van der Waals surface area contributed by atoms with Crippen LogP contribution >= 0.6 is 0 Å². The van der Waals surface area contributed by atoms with Gasteiger partial charge in [0.1, 0.15) is 0 Å². The molecule has 1 saturated heterocycles. The van der Waals surface area contributed by atoms with Gasteiger partial charge in [-0.2, -0.15) is 5.06 Å². The molecule has 2 atom stereocenters. The minimum absolute atomic E-state index is 0.806. The Kier molecular flexibility index (Phi) is 5.45. The fraction of sp³-hybridized carbons (Fsp3) is 1.00. The fourth-order valence-electron chi connectivity index (χ4n) is 2.08. The van der Waals surface area contributed by atoms with Crippen LogP contribution in [0.1, 0.15) is 26.2 Å². The Morgan fingerprint density at radius 2 is 2.36 bits per heavy atom. The van der Waals surface area contributed by atoms with E-state index < -0.39 is 0 Å². The first-order valence-corrected chi connectivity index (χ1v) is 5.70. The number of piperidine rings is 1. The molecule has 0 bridgehead atoms. The lowest BCUT2D eigenvalue weighted by Crippen LogP contribution is -2.34. The molecule has 2 unspecified atom stereocenters. The highest BCUT2D eigenvalue weighted by molar-refractivity contribution is 4.74. The summed E-state index contributed by atoms with van der Waals surface area (Å²) in [7, 11) is 3.72. The Balaban J connectivity index is 2.16. The number of nitrogens with zero attached hydrogens (tertiary/aromatic N) is 1. The molecule has 0 radical (unpaired) electrons. The lowest BCUT2D eigenvalue weighted by atomic mass is 9.85. The van der Waals surface area contributed by atoms with Gasteiger partial charge in [-0.05, 0) is 44.2 Å². The van der Waals surface area contributed by atoms with E-state index in [0.29, 0.717) is 0 Å². The first kappa shape index (κ1) is 12.0. The summed E-state index contributed by atoms with van der Waals surface area (Å²) in [5, 5.41) is 5.38. The Morgan fingerprint density at radius 1 is 1.57 bits per heavy atom. The number of hydroxylamine groups is 2. The van der Waals surface area contributed by atoms with Crippen molar-refractivity contribution < 1.29 is 4.84 Å². The molecular formula is C11H24N2O. The third kappa shape index (κ3) is 3.95. The maximum atomic E-state index is 5.11. The summed E-state index contributed by atoms with van der Waals surface area (Å²) in [5.74, 6) is 1.68. The maximum Gasteiger partial charge on any atom is 0.0575 e. The van der Waals surface area contributed by atoms with Crippen LogP contribution in [0.25, 0.3) is 0 Å². The van der Waals surface area contributed by atoms with Crippen molar-refractivity contribution in [1.29, 1.82) is 0 Å². The molecule has 3 nitrogen and oxygen atoms in total. The molecule has 0 aliphatic carbocycles. The Labute approximate surface area is 87.8 Å². The van der Waals surface area contributed by atoms with E-state index in [0.717, 1.165) is 18.4 Å². The third-order valence-corrected chi connectivity index (χ3v) is 3.35. The molecule has 3 heteroatoms. The van der Waals surface area contributed by atoms with Gasteiger partial charge in [0, 0.05) is 13.6 Å². The van der Waals surface area contributed by atoms with E-state index in [-0.39, 0.29) is 0 Å². The summed E-state index contributed by atoms with van der Waals surface area (Å²) >= 11 is 0. The van der Waals surface area contributed by atoms with Crippen molar-refractivity contribution in [3.05, 3.63) is 0 Å². The molecule has 1 rings (SSSR count). The highest BCUT2D eigenvalue weighted by atomic mass is 16.7. The summed E-state index contributed by atoms with van der Waals surface area (Å²) in [4.78, 5) is 5.11. The smallest absolute Gasteiger partial charge is 0.0575 e. The normalized spacial score (nSPS) is 25.3. The van der Waals surface area contributed by atoms with Crippen LogP contribution in [0.3, 0.4) is 0 Å². The van der Waals surface area contributed by atoms with E-state index >= 15 is 0 Å². The van der Waals surface area contributed by atoms with E-state index in [1.54, 1.807) is 7.11 Å². The van der Waals surface area contributed by atoms with Crippen LogP contribution in [0.5, 0.6) is 0 Å². The monoisotopic (exact) mass is 200 g/mol. The molecule has 0 aromatic heterocycles. The minimum atomic E-state index is 0.806. The van der Waals surface area contributed by atoms with Gasteiger partial charge in [-0.3, -0.25) is 0 Å². The SMILES string of the molecule is CON(C)CCC(C)C1CCCNC1. The molecule has 1 aliphatic heterocycles. The molecule has 1 N–H and O–H groups in total. The Morgan fingerprint density at radius 3 is 2.93 bits per heavy atom. The number of rotatable bonds is 5. The van der Waals surface area contributed by atoms with Gasteiger partial charge in [0.15, 0.2) is 0 Å². The van der Waals surface area contributed by atoms with Gasteiger partial charge in [-0.25, -0.2) is 0 Å². The van der Waals surface area contributed by atoms with Crippen molar-refractivity contribution >= 4 is 0 Å². The van der Waals surface area contributed by atoms with E-state index in [9.17, 15) is 0 Å². The summed E-state index contributed by atoms with van der Waals surface area (Å²) < 4.78 is 0. The lowest BCUT2D eigenvalue weighted by molar-refractivity contribution is -0.112. The van der Waals surface area contributed by atoms with Gasteiger partial charge < -0.3 is 10.2 Å². The molecule has 0 amide bonds. The van der Waals surface area contributed by atoms with Gasteiger partial charge >= 0.3 is 0 Å². The zero-order valence-electron chi connectivity index (χ0n) is 9.75. The van der Waals surface area contributed by atoms with Gasteiger partial charge in [-0.1, -0.05) is 6.92 Å². The van der Waals surface area contributed by atoms with Crippen molar-refractivity contribution in [1.82, 2.24) is 10.4 Å². The van der Waals surface area contributed by atoms with Gasteiger partial charge in [0.05, 0.1) is 7.11 Å². The van der Waals surface area contributed by atoms with E-state index in [2.05, 4.69) is 12.2 Å². The standard InChI is InChI=1S/C11H24N2O/c1-10(6-8-13(2)14-3)11-5-4-7-12-9-11/h10-12H,4-9H2,1-3H3. The van der Waals surface area contributed by atoms with E-state index in [1.807, 2.05) is 12.1 Å². The molecule has 1 heterocycles. The highest BCUT2D eigenvalue weighted by Crippen LogP contribution is 2.22. The molecule has 1 aliphatic rings. The minimum Gasteiger partial charge on any atom is -0.316 e. The second-order valence-electron chi connectivity index (χ2n) is 4.41. The van der Waals surface area contributed by atoms with Crippen LogP contribution in [-0.2, 0) is 4.84 Å². The Bertz CT molecular complexity index is 146. The van der Waals surface area contributed by atoms with Crippen molar-refractivity contribution in [2.75, 3.05) is 33.8 Å². The van der Waals surface area contributed by atoms with Crippen molar-refractivity contribution in [3.63, 3.8) is 0 Å². The summed E-state index contributed by atoms with van der Waals surface area (Å²) in [6.07, 6.45) is 3.97. The molecule has 0 aromatic rings. The molecule has 0 aromatic carbocycles. The molecule has 1 fully saturated rings. The molecule has 84 valence electrons. The summed E-state index contributed by atoms with van der Waals surface area (Å²) in [5.41, 5.74) is 0. The van der Waals surface area contributed by atoms with Gasteiger partial charge in [-0.15, -0.1) is 0 Å². The second-order valence-corrected chi connectivity index (χ2v) is 4.41. The van der Waals surface area contributed by atoms with Crippen molar-refractivity contribution in [3.8, 4) is 0 Å². The zero-order chi connectivity index (χ0) is 10.4. The molecule has 0 saturated carbocycles. The maximum absolute atomic E-state index is 5.11. The molecule has 14 heavy (non-hydrogen) atoms. The molecule has 0 spiro atoms. The van der Waals surface area contributed by atoms with Gasteiger partial charge in [0.2, 0.25) is 0 Å². The fourth-order valence-corrected chi connectivity index (χ4v) is 2.08. The first-order valence-electron chi connectivity index (χ1n) is 5.70. The van der Waals surface area contributed by atoms with Crippen LogP contribution in [0, 0.1) is 11.8 Å². The van der Waals surface area contributed by atoms with Crippen LogP contribution in [0.2, 0.25) is 0 Å². The van der Waals surface area contributed by atoms with Crippen molar-refractivity contribution in [2.24, 2.45) is 11.8 Å². The summed E-state index contributed by atoms with van der Waals surface area (Å²) in [6, 6.07) is 0. The lowest BCUT2D eigenvalue weighted by Gasteiger charge is -2.29. The highest BCUT2D eigenvalue weighted by Gasteiger charge is 2.19. The predicted molar refractivity (Wildman–Crippen MR) is 59.0 cm³/mol. The van der Waals surface area contributed by atoms with Crippen LogP contribution in [-0.4, -0.2) is 38.9 Å². The molecular weight excluding hydrogens is 176 g/mol. The number of hydrogen-bond donors (Lipinski definition) is 1. The average molecular weight is 200 g/mol. The van der Waals surface area contributed by atoms with Crippen LogP contribution in [0.15, 0.2) is 0 Å². The quantitative estimate of drug-likeness (QED) is 0.681. The van der Waals surface area contributed by atoms with E-state index in [1.165, 1.54) is 32.4 Å². The largest absolute Gasteiger partial charge is 0.316 e.